The van der Waals surface area contributed by atoms with Gasteiger partial charge in [-0.05, 0) is 29.2 Å². The minimum absolute atomic E-state index is 0.834. The molecule has 1 saturated carbocycles. The number of hydrogen-bond acceptors (Lipinski definition) is 0. The Bertz CT molecular complexity index is 273. The van der Waals surface area contributed by atoms with Crippen LogP contribution in [0.4, 0.5) is 0 Å². The van der Waals surface area contributed by atoms with Gasteiger partial charge in [0, 0.05) is 0 Å². The Balaban J connectivity index is 2.14. The molecule has 1 aliphatic rings. The molecule has 0 heterocycles. The first-order chi connectivity index (χ1) is 6.22. The van der Waals surface area contributed by atoms with E-state index in [0.29, 0.717) is 0 Å². The van der Waals surface area contributed by atoms with E-state index in [4.69, 9.17) is 0 Å². The summed E-state index contributed by atoms with van der Waals surface area (Å²) in [5, 5.41) is 0. The summed E-state index contributed by atoms with van der Waals surface area (Å²) in [6.07, 6.45) is 0. The van der Waals surface area contributed by atoms with E-state index >= 15 is 0 Å². The molecule has 2 rings (SSSR count). The van der Waals surface area contributed by atoms with Crippen molar-refractivity contribution in [2.45, 2.75) is 26.7 Å². The molecule has 0 saturated heterocycles. The lowest BCUT2D eigenvalue weighted by atomic mass is 10.0. The van der Waals surface area contributed by atoms with Crippen molar-refractivity contribution in [3.8, 4) is 0 Å². The fourth-order valence-electron chi connectivity index (χ4n) is 2.72. The van der Waals surface area contributed by atoms with Crippen molar-refractivity contribution in [1.29, 1.82) is 0 Å². The highest BCUT2D eigenvalue weighted by Gasteiger charge is 2.48. The third-order valence-corrected chi connectivity index (χ3v) is 3.40. The smallest absolute Gasteiger partial charge is 0.00997 e. The molecular formula is C13H18. The van der Waals surface area contributed by atoms with Gasteiger partial charge in [-0.15, -0.1) is 0 Å². The first kappa shape index (κ1) is 8.80. The molecular weight excluding hydrogens is 156 g/mol. The Kier molecular flexibility index (Phi) is 2.15. The summed E-state index contributed by atoms with van der Waals surface area (Å²) < 4.78 is 0. The normalized spacial score (nSPS) is 32.2. The van der Waals surface area contributed by atoms with Crippen molar-refractivity contribution < 1.29 is 0 Å². The van der Waals surface area contributed by atoms with Crippen LogP contribution in [0.25, 0.3) is 0 Å². The molecule has 0 aromatic heterocycles. The third-order valence-electron chi connectivity index (χ3n) is 3.40. The lowest BCUT2D eigenvalue weighted by Crippen LogP contribution is -1.92. The summed E-state index contributed by atoms with van der Waals surface area (Å²) in [6.45, 7) is 7.05. The lowest BCUT2D eigenvalue weighted by molar-refractivity contribution is 0.524. The number of hydrogen-bond donors (Lipinski definition) is 0. The Labute approximate surface area is 81.0 Å². The van der Waals surface area contributed by atoms with E-state index in [2.05, 4.69) is 51.1 Å². The highest BCUT2D eigenvalue weighted by molar-refractivity contribution is 5.27. The summed E-state index contributed by atoms with van der Waals surface area (Å²) >= 11 is 0. The third kappa shape index (κ3) is 1.50. The minimum atomic E-state index is 0.834. The van der Waals surface area contributed by atoms with E-state index in [9.17, 15) is 0 Å². The van der Waals surface area contributed by atoms with Crippen LogP contribution in [-0.4, -0.2) is 0 Å². The summed E-state index contributed by atoms with van der Waals surface area (Å²) in [5.74, 6) is 3.48. The molecule has 0 bridgehead atoms. The topological polar surface area (TPSA) is 0 Å². The van der Waals surface area contributed by atoms with Gasteiger partial charge in [-0.2, -0.15) is 0 Å². The monoisotopic (exact) mass is 174 g/mol. The fraction of sp³-hybridized carbons (Fsp3) is 0.538. The maximum atomic E-state index is 2.38. The Morgan fingerprint density at radius 3 is 2.15 bits per heavy atom. The molecule has 0 spiro atoms. The van der Waals surface area contributed by atoms with Crippen molar-refractivity contribution in [1.82, 2.24) is 0 Å². The lowest BCUT2D eigenvalue weighted by Gasteiger charge is -2.02. The maximum Gasteiger partial charge on any atom is -0.00997 e. The van der Waals surface area contributed by atoms with Crippen molar-refractivity contribution >= 4 is 0 Å². The van der Waals surface area contributed by atoms with E-state index in [0.717, 1.165) is 23.7 Å². The molecule has 2 unspecified atom stereocenters. The summed E-state index contributed by atoms with van der Waals surface area (Å²) in [6, 6.07) is 10.9. The zero-order chi connectivity index (χ0) is 9.42. The first-order valence-corrected chi connectivity index (χ1v) is 5.26. The molecule has 1 aromatic carbocycles. The van der Waals surface area contributed by atoms with Gasteiger partial charge in [-0.1, -0.05) is 51.1 Å². The SMILES string of the molecule is CC(C)C1C(C)[C@H]1c1ccccc1. The Morgan fingerprint density at radius 1 is 1.08 bits per heavy atom. The van der Waals surface area contributed by atoms with E-state index in [1.54, 1.807) is 0 Å². The van der Waals surface area contributed by atoms with Crippen LogP contribution in [-0.2, 0) is 0 Å². The van der Waals surface area contributed by atoms with Gasteiger partial charge in [0.15, 0.2) is 0 Å². The molecule has 1 fully saturated rings. The molecule has 3 atom stereocenters. The average molecular weight is 174 g/mol. The predicted octanol–water partition coefficient (Wildman–Crippen LogP) is 3.69. The minimum Gasteiger partial charge on any atom is -0.0625 e. The van der Waals surface area contributed by atoms with Crippen molar-refractivity contribution in [3.63, 3.8) is 0 Å². The molecule has 0 heteroatoms. The van der Waals surface area contributed by atoms with Gasteiger partial charge in [0.1, 0.15) is 0 Å². The molecule has 0 radical (unpaired) electrons. The zero-order valence-electron chi connectivity index (χ0n) is 8.70. The van der Waals surface area contributed by atoms with Crippen LogP contribution in [0.2, 0.25) is 0 Å². The van der Waals surface area contributed by atoms with Crippen LogP contribution >= 0.6 is 0 Å². The van der Waals surface area contributed by atoms with Crippen LogP contribution in [0.15, 0.2) is 30.3 Å². The number of benzene rings is 1. The first-order valence-electron chi connectivity index (χ1n) is 5.26. The summed E-state index contributed by atoms with van der Waals surface area (Å²) in [4.78, 5) is 0. The molecule has 13 heavy (non-hydrogen) atoms. The Hall–Kier alpha value is -0.780. The molecule has 70 valence electrons. The van der Waals surface area contributed by atoms with Crippen LogP contribution < -0.4 is 0 Å². The van der Waals surface area contributed by atoms with Gasteiger partial charge in [0.25, 0.3) is 0 Å². The van der Waals surface area contributed by atoms with Gasteiger partial charge in [0.05, 0.1) is 0 Å². The number of rotatable bonds is 2. The van der Waals surface area contributed by atoms with Crippen molar-refractivity contribution in [3.05, 3.63) is 35.9 Å². The second kappa shape index (κ2) is 3.17. The van der Waals surface area contributed by atoms with Crippen LogP contribution in [0.5, 0.6) is 0 Å². The van der Waals surface area contributed by atoms with Gasteiger partial charge in [-0.25, -0.2) is 0 Å². The summed E-state index contributed by atoms with van der Waals surface area (Å²) in [5.41, 5.74) is 1.54. The van der Waals surface area contributed by atoms with E-state index in [1.165, 1.54) is 5.56 Å². The second-order valence-electron chi connectivity index (χ2n) is 4.62. The second-order valence-corrected chi connectivity index (χ2v) is 4.62. The quantitative estimate of drug-likeness (QED) is 0.641. The van der Waals surface area contributed by atoms with E-state index in [1.807, 2.05) is 0 Å². The van der Waals surface area contributed by atoms with E-state index < -0.39 is 0 Å². The molecule has 0 nitrogen and oxygen atoms in total. The highest BCUT2D eigenvalue weighted by Crippen LogP contribution is 2.57. The molecule has 1 aliphatic carbocycles. The van der Waals surface area contributed by atoms with E-state index in [-0.39, 0.29) is 0 Å². The standard InChI is InChI=1S/C13H18/c1-9(2)12-10(3)13(12)11-7-5-4-6-8-11/h4-10,12-13H,1-3H3/t10?,12?,13-/m0/s1. The maximum absolute atomic E-state index is 2.38. The van der Waals surface area contributed by atoms with Crippen LogP contribution in [0.3, 0.4) is 0 Å². The largest absolute Gasteiger partial charge is 0.0625 e. The van der Waals surface area contributed by atoms with Crippen molar-refractivity contribution in [2.75, 3.05) is 0 Å². The Morgan fingerprint density at radius 2 is 1.69 bits per heavy atom. The van der Waals surface area contributed by atoms with Crippen LogP contribution in [0.1, 0.15) is 32.3 Å². The fourth-order valence-corrected chi connectivity index (χ4v) is 2.72. The molecule has 0 amide bonds. The van der Waals surface area contributed by atoms with Crippen LogP contribution in [0, 0.1) is 17.8 Å². The highest BCUT2D eigenvalue weighted by atomic mass is 14.5. The molecule has 0 N–H and O–H groups in total. The summed E-state index contributed by atoms with van der Waals surface area (Å²) in [7, 11) is 0. The molecule has 1 aromatic rings. The average Bonchev–Trinajstić information content (AvgIpc) is 2.79. The predicted molar refractivity (Wildman–Crippen MR) is 56.7 cm³/mol. The van der Waals surface area contributed by atoms with Gasteiger partial charge >= 0.3 is 0 Å². The zero-order valence-corrected chi connectivity index (χ0v) is 8.70. The van der Waals surface area contributed by atoms with Gasteiger partial charge < -0.3 is 0 Å². The van der Waals surface area contributed by atoms with Gasteiger partial charge in [-0.3, -0.25) is 0 Å². The van der Waals surface area contributed by atoms with Gasteiger partial charge in [0.2, 0.25) is 0 Å². The molecule has 0 aliphatic heterocycles. The van der Waals surface area contributed by atoms with Crippen molar-refractivity contribution in [2.24, 2.45) is 17.8 Å².